The van der Waals surface area contributed by atoms with Gasteiger partial charge in [0.1, 0.15) is 17.7 Å². The molecule has 0 aliphatic heterocycles. The summed E-state index contributed by atoms with van der Waals surface area (Å²) >= 11 is 2.90. The van der Waals surface area contributed by atoms with E-state index >= 15 is 0 Å². The summed E-state index contributed by atoms with van der Waals surface area (Å²) in [7, 11) is 0. The summed E-state index contributed by atoms with van der Waals surface area (Å²) in [6.45, 7) is 6.30. The van der Waals surface area contributed by atoms with E-state index in [0.717, 1.165) is 18.6 Å². The van der Waals surface area contributed by atoms with E-state index < -0.39 is 17.7 Å². The van der Waals surface area contributed by atoms with E-state index in [2.05, 4.69) is 40.4 Å². The van der Waals surface area contributed by atoms with E-state index in [1.54, 1.807) is 6.92 Å². The van der Waals surface area contributed by atoms with E-state index in [0.29, 0.717) is 12.5 Å². The minimum absolute atomic E-state index is 0.0304. The number of carbonyl (C=O) groups excluding carboxylic acids is 1. The van der Waals surface area contributed by atoms with Crippen LogP contribution in [0.25, 0.3) is 0 Å². The number of carbonyl (C=O) groups is 1. The number of halogens is 3. The minimum atomic E-state index is -0.641. The summed E-state index contributed by atoms with van der Waals surface area (Å²) in [5.41, 5.74) is -0.0304. The molecule has 112 valence electrons. The lowest BCUT2D eigenvalue weighted by molar-refractivity contribution is -0.121. The van der Waals surface area contributed by atoms with Crippen molar-refractivity contribution in [3.63, 3.8) is 0 Å². The van der Waals surface area contributed by atoms with Crippen molar-refractivity contribution in [2.75, 3.05) is 11.9 Å². The van der Waals surface area contributed by atoms with Gasteiger partial charge in [0.2, 0.25) is 5.91 Å². The summed E-state index contributed by atoms with van der Waals surface area (Å²) in [6, 6.07) is 1.41. The van der Waals surface area contributed by atoms with Gasteiger partial charge in [0.05, 0.1) is 10.2 Å². The van der Waals surface area contributed by atoms with Gasteiger partial charge < -0.3 is 10.6 Å². The third-order valence-corrected chi connectivity index (χ3v) is 3.40. The van der Waals surface area contributed by atoms with E-state index in [9.17, 15) is 13.6 Å². The standard InChI is InChI=1S/C14H19BrF2N2O/c1-8(2)4-5-18-14(20)9(3)19-13-7-11(16)10(15)6-12(13)17/h6-9,19H,4-5H2,1-3H3,(H,18,20). The van der Waals surface area contributed by atoms with Crippen molar-refractivity contribution in [3.05, 3.63) is 28.2 Å². The zero-order chi connectivity index (χ0) is 15.3. The van der Waals surface area contributed by atoms with Gasteiger partial charge in [0.25, 0.3) is 0 Å². The van der Waals surface area contributed by atoms with Crippen molar-refractivity contribution < 1.29 is 13.6 Å². The fraction of sp³-hybridized carbons (Fsp3) is 0.500. The molecule has 0 bridgehead atoms. The van der Waals surface area contributed by atoms with Crippen LogP contribution in [0.3, 0.4) is 0 Å². The summed E-state index contributed by atoms with van der Waals surface area (Å²) < 4.78 is 27.0. The molecule has 3 nitrogen and oxygen atoms in total. The number of hydrogen-bond acceptors (Lipinski definition) is 2. The molecule has 6 heteroatoms. The Morgan fingerprint density at radius 1 is 1.25 bits per heavy atom. The third kappa shape index (κ3) is 5.07. The Bertz CT molecular complexity index is 480. The van der Waals surface area contributed by atoms with Crippen LogP contribution in [0.1, 0.15) is 27.2 Å². The van der Waals surface area contributed by atoms with Gasteiger partial charge in [-0.25, -0.2) is 8.78 Å². The molecule has 1 aromatic rings. The summed E-state index contributed by atoms with van der Waals surface area (Å²) in [5.74, 6) is -0.939. The van der Waals surface area contributed by atoms with Gasteiger partial charge in [0.15, 0.2) is 0 Å². The molecule has 1 rings (SSSR count). The van der Waals surface area contributed by atoms with E-state index in [4.69, 9.17) is 0 Å². The molecule has 1 unspecified atom stereocenters. The topological polar surface area (TPSA) is 41.1 Å². The molecule has 0 aliphatic rings. The van der Waals surface area contributed by atoms with E-state index in [1.807, 2.05) is 0 Å². The van der Waals surface area contributed by atoms with Gasteiger partial charge in [-0.1, -0.05) is 13.8 Å². The fourth-order valence-electron chi connectivity index (χ4n) is 1.57. The molecule has 0 saturated carbocycles. The zero-order valence-electron chi connectivity index (χ0n) is 11.8. The number of anilines is 1. The maximum Gasteiger partial charge on any atom is 0.242 e. The Kier molecular flexibility index (Phi) is 6.39. The van der Waals surface area contributed by atoms with Crippen molar-refractivity contribution in [2.45, 2.75) is 33.2 Å². The Hall–Kier alpha value is -1.17. The van der Waals surface area contributed by atoms with Crippen molar-refractivity contribution in [3.8, 4) is 0 Å². The van der Waals surface area contributed by atoms with Crippen LogP contribution in [-0.4, -0.2) is 18.5 Å². The van der Waals surface area contributed by atoms with Crippen molar-refractivity contribution in [1.29, 1.82) is 0 Å². The average molecular weight is 349 g/mol. The predicted molar refractivity (Wildman–Crippen MR) is 79.6 cm³/mol. The van der Waals surface area contributed by atoms with Crippen LogP contribution in [0.5, 0.6) is 0 Å². The first-order valence-corrected chi connectivity index (χ1v) is 7.29. The largest absolute Gasteiger partial charge is 0.371 e. The van der Waals surface area contributed by atoms with Gasteiger partial charge in [-0.3, -0.25) is 4.79 Å². The Labute approximate surface area is 126 Å². The Morgan fingerprint density at radius 3 is 2.50 bits per heavy atom. The normalized spacial score (nSPS) is 12.3. The number of amides is 1. The highest BCUT2D eigenvalue weighted by atomic mass is 79.9. The highest BCUT2D eigenvalue weighted by molar-refractivity contribution is 9.10. The second-order valence-corrected chi connectivity index (χ2v) is 5.94. The van der Waals surface area contributed by atoms with Crippen LogP contribution in [0, 0.1) is 17.6 Å². The second-order valence-electron chi connectivity index (χ2n) is 5.09. The SMILES string of the molecule is CC(C)CCNC(=O)C(C)Nc1cc(F)c(Br)cc1F. The molecule has 0 aromatic heterocycles. The maximum atomic E-state index is 13.6. The number of benzene rings is 1. The van der Waals surface area contributed by atoms with Crippen LogP contribution in [0.4, 0.5) is 14.5 Å². The van der Waals surface area contributed by atoms with E-state index in [1.165, 1.54) is 0 Å². The fourth-order valence-corrected chi connectivity index (χ4v) is 1.88. The van der Waals surface area contributed by atoms with Crippen LogP contribution in [0.2, 0.25) is 0 Å². The Morgan fingerprint density at radius 2 is 1.90 bits per heavy atom. The molecule has 0 fully saturated rings. The molecule has 0 radical (unpaired) electrons. The third-order valence-electron chi connectivity index (χ3n) is 2.80. The highest BCUT2D eigenvalue weighted by Crippen LogP contribution is 2.23. The van der Waals surface area contributed by atoms with Crippen molar-refractivity contribution in [1.82, 2.24) is 5.32 Å². The van der Waals surface area contributed by atoms with Crippen molar-refractivity contribution >= 4 is 27.5 Å². The first-order chi connectivity index (χ1) is 9.31. The van der Waals surface area contributed by atoms with Crippen LogP contribution in [0.15, 0.2) is 16.6 Å². The molecular formula is C14H19BrF2N2O. The van der Waals surface area contributed by atoms with Crippen molar-refractivity contribution in [2.24, 2.45) is 5.92 Å². The quantitative estimate of drug-likeness (QED) is 0.769. The molecule has 0 aliphatic carbocycles. The minimum Gasteiger partial charge on any atom is -0.371 e. The first-order valence-electron chi connectivity index (χ1n) is 6.50. The van der Waals surface area contributed by atoms with Crippen LogP contribution < -0.4 is 10.6 Å². The predicted octanol–water partition coefficient (Wildman–Crippen LogP) is 3.69. The molecule has 0 saturated heterocycles. The lowest BCUT2D eigenvalue weighted by atomic mass is 10.1. The van der Waals surface area contributed by atoms with Gasteiger partial charge in [0, 0.05) is 12.6 Å². The number of hydrogen-bond donors (Lipinski definition) is 2. The number of rotatable bonds is 6. The van der Waals surface area contributed by atoms with Gasteiger partial charge in [-0.15, -0.1) is 0 Å². The van der Waals surface area contributed by atoms with Crippen LogP contribution in [-0.2, 0) is 4.79 Å². The summed E-state index contributed by atoms with van der Waals surface area (Å²) in [6.07, 6.45) is 0.875. The number of nitrogens with one attached hydrogen (secondary N) is 2. The zero-order valence-corrected chi connectivity index (χ0v) is 13.4. The van der Waals surface area contributed by atoms with Gasteiger partial charge in [-0.05, 0) is 41.3 Å². The van der Waals surface area contributed by atoms with Gasteiger partial charge in [-0.2, -0.15) is 0 Å². The second kappa shape index (κ2) is 7.57. The van der Waals surface area contributed by atoms with Crippen LogP contribution >= 0.6 is 15.9 Å². The molecule has 1 aromatic carbocycles. The highest BCUT2D eigenvalue weighted by Gasteiger charge is 2.15. The lowest BCUT2D eigenvalue weighted by Crippen LogP contribution is -2.38. The molecule has 0 spiro atoms. The molecule has 20 heavy (non-hydrogen) atoms. The van der Waals surface area contributed by atoms with E-state index in [-0.39, 0.29) is 16.1 Å². The van der Waals surface area contributed by atoms with Gasteiger partial charge >= 0.3 is 0 Å². The summed E-state index contributed by atoms with van der Waals surface area (Å²) in [4.78, 5) is 11.8. The summed E-state index contributed by atoms with van der Waals surface area (Å²) in [5, 5.41) is 5.42. The average Bonchev–Trinajstić information content (AvgIpc) is 2.35. The molecule has 0 heterocycles. The Balaban J connectivity index is 2.59. The molecule has 1 atom stereocenters. The maximum absolute atomic E-state index is 13.6. The molecular weight excluding hydrogens is 330 g/mol. The molecule has 1 amide bonds. The molecule has 2 N–H and O–H groups in total. The lowest BCUT2D eigenvalue weighted by Gasteiger charge is -2.16. The smallest absolute Gasteiger partial charge is 0.242 e. The first kappa shape index (κ1) is 16.9. The monoisotopic (exact) mass is 348 g/mol.